The minimum absolute atomic E-state index is 0.148. The summed E-state index contributed by atoms with van der Waals surface area (Å²) in [5.74, 6) is -0.291. The summed E-state index contributed by atoms with van der Waals surface area (Å²) in [6.07, 6.45) is 0.463. The van der Waals surface area contributed by atoms with Gasteiger partial charge in [0.05, 0.1) is 18.2 Å². The highest BCUT2D eigenvalue weighted by atomic mass is 19.1. The predicted octanol–water partition coefficient (Wildman–Crippen LogP) is 3.98. The summed E-state index contributed by atoms with van der Waals surface area (Å²) in [4.78, 5) is 25.5. The van der Waals surface area contributed by atoms with E-state index >= 15 is 0 Å². The first kappa shape index (κ1) is 21.2. The van der Waals surface area contributed by atoms with Crippen molar-refractivity contribution in [2.24, 2.45) is 11.8 Å². The molecule has 0 bridgehead atoms. The van der Waals surface area contributed by atoms with Crippen LogP contribution in [0.2, 0.25) is 0 Å². The molecule has 2 aromatic carbocycles. The van der Waals surface area contributed by atoms with Gasteiger partial charge in [-0.05, 0) is 30.0 Å². The summed E-state index contributed by atoms with van der Waals surface area (Å²) in [6.45, 7) is 7.11. The Balaban J connectivity index is 1.69. The molecule has 0 spiro atoms. The summed E-state index contributed by atoms with van der Waals surface area (Å²) in [5, 5.41) is 4.92. The van der Waals surface area contributed by atoms with Crippen LogP contribution in [-0.2, 0) is 16.1 Å². The van der Waals surface area contributed by atoms with Gasteiger partial charge in [-0.25, -0.2) is 9.82 Å². The smallest absolute Gasteiger partial charge is 0.254 e. The SMILES string of the molecule is CC1=C(C(=O)N[C@H](c2ccccc2)C2CC2=O)c2cccc(F)c2CN1NCC(C)C. The summed E-state index contributed by atoms with van der Waals surface area (Å²) in [7, 11) is 0. The zero-order valence-corrected chi connectivity index (χ0v) is 18.1. The number of rotatable bonds is 7. The van der Waals surface area contributed by atoms with Gasteiger partial charge in [-0.1, -0.05) is 56.3 Å². The van der Waals surface area contributed by atoms with Gasteiger partial charge < -0.3 is 10.3 Å². The zero-order chi connectivity index (χ0) is 22.1. The maximum atomic E-state index is 14.7. The molecule has 0 radical (unpaired) electrons. The highest BCUT2D eigenvalue weighted by molar-refractivity contribution is 6.21. The van der Waals surface area contributed by atoms with Gasteiger partial charge in [0, 0.05) is 30.1 Å². The van der Waals surface area contributed by atoms with Crippen molar-refractivity contribution in [3.8, 4) is 0 Å². The Bertz CT molecular complexity index is 1030. The van der Waals surface area contributed by atoms with Crippen LogP contribution in [0.15, 0.2) is 54.2 Å². The fourth-order valence-corrected chi connectivity index (χ4v) is 4.07. The molecule has 1 heterocycles. The second kappa shape index (κ2) is 8.63. The van der Waals surface area contributed by atoms with Crippen LogP contribution in [-0.4, -0.2) is 23.2 Å². The Hall–Kier alpha value is -2.99. The van der Waals surface area contributed by atoms with Crippen LogP contribution in [0.4, 0.5) is 4.39 Å². The highest BCUT2D eigenvalue weighted by Crippen LogP contribution is 2.39. The van der Waals surface area contributed by atoms with E-state index in [0.717, 1.165) is 11.3 Å². The predicted molar refractivity (Wildman–Crippen MR) is 118 cm³/mol. The molecule has 4 rings (SSSR count). The lowest BCUT2D eigenvalue weighted by Crippen LogP contribution is -2.43. The Morgan fingerprint density at radius 3 is 2.52 bits per heavy atom. The van der Waals surface area contributed by atoms with E-state index in [0.29, 0.717) is 42.1 Å². The van der Waals surface area contributed by atoms with Crippen molar-refractivity contribution >= 4 is 17.3 Å². The van der Waals surface area contributed by atoms with Crippen LogP contribution in [0.3, 0.4) is 0 Å². The number of amides is 1. The van der Waals surface area contributed by atoms with E-state index in [-0.39, 0.29) is 23.4 Å². The topological polar surface area (TPSA) is 61.4 Å². The number of halogens is 1. The van der Waals surface area contributed by atoms with Gasteiger partial charge in [-0.15, -0.1) is 0 Å². The van der Waals surface area contributed by atoms with Gasteiger partial charge in [-0.3, -0.25) is 9.59 Å². The van der Waals surface area contributed by atoms with Gasteiger partial charge in [0.2, 0.25) is 0 Å². The van der Waals surface area contributed by atoms with Crippen LogP contribution < -0.4 is 10.7 Å². The van der Waals surface area contributed by atoms with E-state index < -0.39 is 6.04 Å². The van der Waals surface area contributed by atoms with Gasteiger partial charge in [0.15, 0.2) is 0 Å². The van der Waals surface area contributed by atoms with Crippen molar-refractivity contribution in [3.05, 3.63) is 76.7 Å². The molecule has 2 aliphatic rings. The van der Waals surface area contributed by atoms with Crippen molar-refractivity contribution in [2.45, 2.75) is 39.8 Å². The number of hydrogen-bond donors (Lipinski definition) is 2. The second-order valence-corrected chi connectivity index (χ2v) is 8.71. The van der Waals surface area contributed by atoms with E-state index in [4.69, 9.17) is 0 Å². The fourth-order valence-electron chi connectivity index (χ4n) is 4.07. The lowest BCUT2D eigenvalue weighted by molar-refractivity contribution is -0.116. The molecular weight excluding hydrogens is 393 g/mol. The summed E-state index contributed by atoms with van der Waals surface area (Å²) in [5.41, 5.74) is 6.50. The van der Waals surface area contributed by atoms with Crippen LogP contribution >= 0.6 is 0 Å². The van der Waals surface area contributed by atoms with E-state index in [1.807, 2.05) is 42.3 Å². The molecule has 1 unspecified atom stereocenters. The van der Waals surface area contributed by atoms with Crippen LogP contribution in [0, 0.1) is 17.7 Å². The number of hydrazine groups is 1. The van der Waals surface area contributed by atoms with E-state index in [9.17, 15) is 14.0 Å². The number of carbonyl (C=O) groups is 2. The molecule has 0 aromatic heterocycles. The minimum Gasteiger partial charge on any atom is -0.344 e. The third-order valence-electron chi connectivity index (χ3n) is 5.91. The normalized spacial score (nSPS) is 18.8. The molecule has 2 atom stereocenters. The van der Waals surface area contributed by atoms with Gasteiger partial charge >= 0.3 is 0 Å². The van der Waals surface area contributed by atoms with E-state index in [1.165, 1.54) is 6.07 Å². The van der Waals surface area contributed by atoms with Crippen LogP contribution in [0.1, 0.15) is 49.9 Å². The van der Waals surface area contributed by atoms with Crippen LogP contribution in [0.25, 0.3) is 5.57 Å². The molecular formula is C25H28FN3O2. The number of carbonyl (C=O) groups excluding carboxylic acids is 2. The number of Topliss-reactive ketones (excluding diaryl/α,β-unsaturated/α-hetero) is 1. The molecule has 5 nitrogen and oxygen atoms in total. The molecule has 31 heavy (non-hydrogen) atoms. The summed E-state index contributed by atoms with van der Waals surface area (Å²) < 4.78 is 14.7. The fraction of sp³-hybridized carbons (Fsp3) is 0.360. The Labute approximate surface area is 182 Å². The Morgan fingerprint density at radius 2 is 1.87 bits per heavy atom. The molecule has 1 aliphatic heterocycles. The van der Waals surface area contributed by atoms with Crippen molar-refractivity contribution < 1.29 is 14.0 Å². The molecule has 162 valence electrons. The number of hydrogen-bond acceptors (Lipinski definition) is 4. The maximum absolute atomic E-state index is 14.7. The molecule has 1 saturated carbocycles. The second-order valence-electron chi connectivity index (χ2n) is 8.71. The van der Waals surface area contributed by atoms with Gasteiger partial charge in [0.25, 0.3) is 5.91 Å². The number of allylic oxidation sites excluding steroid dienone is 1. The molecule has 1 aliphatic carbocycles. The first-order valence-corrected chi connectivity index (χ1v) is 10.7. The maximum Gasteiger partial charge on any atom is 0.254 e. The number of nitrogens with one attached hydrogen (secondary N) is 2. The molecule has 1 fully saturated rings. The van der Waals surface area contributed by atoms with E-state index in [2.05, 4.69) is 24.6 Å². The lowest BCUT2D eigenvalue weighted by Gasteiger charge is -2.34. The minimum atomic E-state index is -0.391. The van der Waals surface area contributed by atoms with Crippen molar-refractivity contribution in [3.63, 3.8) is 0 Å². The molecule has 1 amide bonds. The monoisotopic (exact) mass is 421 g/mol. The summed E-state index contributed by atoms with van der Waals surface area (Å²) in [6, 6.07) is 14.0. The quantitative estimate of drug-likeness (QED) is 0.710. The van der Waals surface area contributed by atoms with Crippen molar-refractivity contribution in [2.75, 3.05) is 6.54 Å². The largest absolute Gasteiger partial charge is 0.344 e. The Morgan fingerprint density at radius 1 is 1.16 bits per heavy atom. The highest BCUT2D eigenvalue weighted by Gasteiger charge is 2.43. The van der Waals surface area contributed by atoms with Crippen molar-refractivity contribution in [1.29, 1.82) is 0 Å². The third-order valence-corrected chi connectivity index (χ3v) is 5.91. The molecule has 2 N–H and O–H groups in total. The molecule has 6 heteroatoms. The number of nitrogens with zero attached hydrogens (tertiary/aromatic N) is 1. The van der Waals surface area contributed by atoms with Crippen molar-refractivity contribution in [1.82, 2.24) is 15.8 Å². The van der Waals surface area contributed by atoms with Crippen LogP contribution in [0.5, 0.6) is 0 Å². The van der Waals surface area contributed by atoms with Gasteiger partial charge in [-0.2, -0.15) is 0 Å². The third kappa shape index (κ3) is 4.39. The Kier molecular flexibility index (Phi) is 5.92. The number of ketones is 1. The van der Waals surface area contributed by atoms with Gasteiger partial charge in [0.1, 0.15) is 11.6 Å². The summed E-state index contributed by atoms with van der Waals surface area (Å²) >= 11 is 0. The number of fused-ring (bicyclic) bond motifs is 1. The van der Waals surface area contributed by atoms with E-state index in [1.54, 1.807) is 12.1 Å². The lowest BCUT2D eigenvalue weighted by atomic mass is 9.92. The molecule has 0 saturated heterocycles. The number of benzene rings is 2. The first-order valence-electron chi connectivity index (χ1n) is 10.7. The first-order chi connectivity index (χ1) is 14.9. The average Bonchev–Trinajstić information content (AvgIpc) is 3.47. The standard InChI is InChI=1S/C25H28FN3O2/c1-15(2)13-27-29-14-20-18(10-7-11-21(20)26)23(16(29)3)25(31)28-24(19-12-22(19)30)17-8-5-4-6-9-17/h4-11,15,19,24,27H,12-14H2,1-3H3,(H,28,31)/t19?,24-/m1/s1. The zero-order valence-electron chi connectivity index (χ0n) is 18.1. The average molecular weight is 422 g/mol. The molecule has 2 aromatic rings.